The summed E-state index contributed by atoms with van der Waals surface area (Å²) in [7, 11) is 1.63. The van der Waals surface area contributed by atoms with Crippen LogP contribution in [-0.4, -0.2) is 19.0 Å². The van der Waals surface area contributed by atoms with E-state index in [4.69, 9.17) is 4.74 Å². The van der Waals surface area contributed by atoms with E-state index < -0.39 is 0 Å². The van der Waals surface area contributed by atoms with Crippen molar-refractivity contribution in [2.24, 2.45) is 5.92 Å². The summed E-state index contributed by atoms with van der Waals surface area (Å²) in [6.45, 7) is 2.00. The SMILES string of the molecule is CCC(OC)C(=O)C1CCCC1. The smallest absolute Gasteiger partial charge is 0.164 e. The van der Waals surface area contributed by atoms with E-state index in [1.807, 2.05) is 6.92 Å². The Morgan fingerprint density at radius 2 is 2.08 bits per heavy atom. The van der Waals surface area contributed by atoms with Crippen LogP contribution in [0.3, 0.4) is 0 Å². The fourth-order valence-electron chi connectivity index (χ4n) is 1.96. The molecular formula is C10H18O2. The summed E-state index contributed by atoms with van der Waals surface area (Å²) < 4.78 is 5.12. The van der Waals surface area contributed by atoms with E-state index in [2.05, 4.69) is 0 Å². The van der Waals surface area contributed by atoms with Crippen LogP contribution in [0.2, 0.25) is 0 Å². The Morgan fingerprint density at radius 3 is 2.50 bits per heavy atom. The molecule has 1 fully saturated rings. The zero-order chi connectivity index (χ0) is 8.97. The highest BCUT2D eigenvalue weighted by Gasteiger charge is 2.27. The maximum absolute atomic E-state index is 11.7. The van der Waals surface area contributed by atoms with Crippen molar-refractivity contribution in [1.82, 2.24) is 0 Å². The molecule has 0 aliphatic heterocycles. The van der Waals surface area contributed by atoms with Gasteiger partial charge in [0, 0.05) is 13.0 Å². The molecule has 0 aromatic heterocycles. The van der Waals surface area contributed by atoms with Gasteiger partial charge in [-0.3, -0.25) is 4.79 Å². The Labute approximate surface area is 74.3 Å². The van der Waals surface area contributed by atoms with Crippen molar-refractivity contribution in [2.75, 3.05) is 7.11 Å². The molecule has 0 N–H and O–H groups in total. The molecule has 0 aromatic rings. The first-order valence-electron chi connectivity index (χ1n) is 4.86. The highest BCUT2D eigenvalue weighted by Crippen LogP contribution is 2.27. The molecular weight excluding hydrogens is 152 g/mol. The Bertz CT molecular complexity index is 140. The van der Waals surface area contributed by atoms with Crippen LogP contribution in [0.4, 0.5) is 0 Å². The summed E-state index contributed by atoms with van der Waals surface area (Å²) in [6.07, 6.45) is 5.27. The fraction of sp³-hybridized carbons (Fsp3) is 0.900. The van der Waals surface area contributed by atoms with Crippen LogP contribution < -0.4 is 0 Å². The van der Waals surface area contributed by atoms with Gasteiger partial charge in [0.25, 0.3) is 0 Å². The molecule has 0 saturated heterocycles. The first kappa shape index (κ1) is 9.72. The molecule has 1 atom stereocenters. The van der Waals surface area contributed by atoms with E-state index in [-0.39, 0.29) is 6.10 Å². The Hall–Kier alpha value is -0.370. The normalized spacial score (nSPS) is 21.2. The molecule has 0 radical (unpaired) electrons. The largest absolute Gasteiger partial charge is 0.374 e. The summed E-state index contributed by atoms with van der Waals surface area (Å²) >= 11 is 0. The molecule has 1 saturated carbocycles. The average Bonchev–Trinajstić information content (AvgIpc) is 2.58. The molecule has 1 aliphatic carbocycles. The topological polar surface area (TPSA) is 26.3 Å². The first-order chi connectivity index (χ1) is 5.79. The van der Waals surface area contributed by atoms with Crippen LogP contribution in [0.5, 0.6) is 0 Å². The van der Waals surface area contributed by atoms with Crippen LogP contribution in [0, 0.1) is 5.92 Å². The van der Waals surface area contributed by atoms with Crippen molar-refractivity contribution < 1.29 is 9.53 Å². The van der Waals surface area contributed by atoms with Crippen LogP contribution in [0.1, 0.15) is 39.0 Å². The molecule has 1 unspecified atom stereocenters. The van der Waals surface area contributed by atoms with Gasteiger partial charge in [0.05, 0.1) is 0 Å². The monoisotopic (exact) mass is 170 g/mol. The molecule has 0 heterocycles. The summed E-state index contributed by atoms with van der Waals surface area (Å²) in [5, 5.41) is 0. The Kier molecular flexibility index (Phi) is 3.73. The molecule has 1 rings (SSSR count). The van der Waals surface area contributed by atoms with Crippen molar-refractivity contribution in [1.29, 1.82) is 0 Å². The standard InChI is InChI=1S/C10H18O2/c1-3-9(12-2)10(11)8-6-4-5-7-8/h8-9H,3-7H2,1-2H3. The van der Waals surface area contributed by atoms with Gasteiger partial charge in [-0.15, -0.1) is 0 Å². The highest BCUT2D eigenvalue weighted by atomic mass is 16.5. The first-order valence-corrected chi connectivity index (χ1v) is 4.86. The zero-order valence-electron chi connectivity index (χ0n) is 8.01. The van der Waals surface area contributed by atoms with Gasteiger partial charge in [0.15, 0.2) is 5.78 Å². The second kappa shape index (κ2) is 4.61. The zero-order valence-corrected chi connectivity index (χ0v) is 8.01. The molecule has 12 heavy (non-hydrogen) atoms. The van der Waals surface area contributed by atoms with E-state index in [1.165, 1.54) is 12.8 Å². The van der Waals surface area contributed by atoms with Gasteiger partial charge in [-0.1, -0.05) is 19.8 Å². The number of rotatable bonds is 4. The van der Waals surface area contributed by atoms with E-state index in [0.717, 1.165) is 19.3 Å². The van der Waals surface area contributed by atoms with Crippen molar-refractivity contribution in [3.8, 4) is 0 Å². The lowest BCUT2D eigenvalue weighted by Gasteiger charge is -2.15. The fourth-order valence-corrected chi connectivity index (χ4v) is 1.96. The number of Topliss-reactive ketones (excluding diaryl/α,β-unsaturated/α-hetero) is 1. The quantitative estimate of drug-likeness (QED) is 0.646. The number of methoxy groups -OCH3 is 1. The number of hydrogen-bond acceptors (Lipinski definition) is 2. The average molecular weight is 170 g/mol. The third-order valence-electron chi connectivity index (χ3n) is 2.73. The molecule has 2 heteroatoms. The maximum Gasteiger partial charge on any atom is 0.164 e. The molecule has 0 bridgehead atoms. The van der Waals surface area contributed by atoms with Crippen LogP contribution >= 0.6 is 0 Å². The molecule has 0 amide bonds. The molecule has 1 aliphatic rings. The van der Waals surface area contributed by atoms with E-state index in [1.54, 1.807) is 7.11 Å². The van der Waals surface area contributed by atoms with Gasteiger partial charge in [0.2, 0.25) is 0 Å². The van der Waals surface area contributed by atoms with Gasteiger partial charge in [-0.25, -0.2) is 0 Å². The minimum absolute atomic E-state index is 0.145. The van der Waals surface area contributed by atoms with Crippen molar-refractivity contribution in [3.05, 3.63) is 0 Å². The van der Waals surface area contributed by atoms with Crippen molar-refractivity contribution in [2.45, 2.75) is 45.1 Å². The third kappa shape index (κ3) is 2.07. The van der Waals surface area contributed by atoms with Gasteiger partial charge in [-0.2, -0.15) is 0 Å². The van der Waals surface area contributed by atoms with Gasteiger partial charge >= 0.3 is 0 Å². The minimum Gasteiger partial charge on any atom is -0.374 e. The second-order valence-electron chi connectivity index (χ2n) is 3.52. The summed E-state index contributed by atoms with van der Waals surface area (Å²) in [6, 6.07) is 0. The molecule has 0 spiro atoms. The van der Waals surface area contributed by atoms with Crippen LogP contribution in [0.15, 0.2) is 0 Å². The molecule has 70 valence electrons. The summed E-state index contributed by atoms with van der Waals surface area (Å²) in [5.41, 5.74) is 0. The summed E-state index contributed by atoms with van der Waals surface area (Å²) in [5.74, 6) is 0.632. The van der Waals surface area contributed by atoms with Crippen LogP contribution in [-0.2, 0) is 9.53 Å². The lowest BCUT2D eigenvalue weighted by Crippen LogP contribution is -2.27. The minimum atomic E-state index is -0.145. The van der Waals surface area contributed by atoms with E-state index in [9.17, 15) is 4.79 Å². The number of carbonyl (C=O) groups is 1. The van der Waals surface area contributed by atoms with E-state index in [0.29, 0.717) is 11.7 Å². The predicted octanol–water partition coefficient (Wildman–Crippen LogP) is 2.17. The Balaban J connectivity index is 2.43. The molecule has 0 aromatic carbocycles. The summed E-state index contributed by atoms with van der Waals surface area (Å²) in [4.78, 5) is 11.7. The second-order valence-corrected chi connectivity index (χ2v) is 3.52. The van der Waals surface area contributed by atoms with Gasteiger partial charge in [0.1, 0.15) is 6.10 Å². The Morgan fingerprint density at radius 1 is 1.50 bits per heavy atom. The van der Waals surface area contributed by atoms with Gasteiger partial charge < -0.3 is 4.74 Å². The number of carbonyl (C=O) groups excluding carboxylic acids is 1. The lowest BCUT2D eigenvalue weighted by molar-refractivity contribution is -0.132. The maximum atomic E-state index is 11.7. The highest BCUT2D eigenvalue weighted by molar-refractivity contribution is 5.85. The molecule has 2 nitrogen and oxygen atoms in total. The third-order valence-corrected chi connectivity index (χ3v) is 2.73. The number of hydrogen-bond donors (Lipinski definition) is 0. The van der Waals surface area contributed by atoms with Crippen molar-refractivity contribution >= 4 is 5.78 Å². The predicted molar refractivity (Wildman–Crippen MR) is 48.1 cm³/mol. The van der Waals surface area contributed by atoms with Crippen molar-refractivity contribution in [3.63, 3.8) is 0 Å². The lowest BCUT2D eigenvalue weighted by atomic mass is 9.97. The van der Waals surface area contributed by atoms with E-state index >= 15 is 0 Å². The number of ether oxygens (including phenoxy) is 1. The van der Waals surface area contributed by atoms with Crippen LogP contribution in [0.25, 0.3) is 0 Å². The number of ketones is 1. The van der Waals surface area contributed by atoms with Gasteiger partial charge in [-0.05, 0) is 19.3 Å².